The Balaban J connectivity index is 2.37. The monoisotopic (exact) mass is 255 g/mol. The van der Waals surface area contributed by atoms with Gasteiger partial charge in [0.2, 0.25) is 0 Å². The fraction of sp³-hybridized carbons (Fsp3) is 0.100. The first-order valence-corrected chi connectivity index (χ1v) is 6.20. The summed E-state index contributed by atoms with van der Waals surface area (Å²) in [6.45, 7) is -0.212. The highest BCUT2D eigenvalue weighted by Crippen LogP contribution is 2.19. The SMILES string of the molecule is NC1=NCN(S(=O)(=O)c2ccccc2)C=C1F. The Morgan fingerprint density at radius 2 is 1.94 bits per heavy atom. The maximum atomic E-state index is 13.2. The fourth-order valence-corrected chi connectivity index (χ4v) is 2.54. The fourth-order valence-electron chi connectivity index (χ4n) is 1.33. The Bertz CT molecular complexity index is 581. The Hall–Kier alpha value is -1.89. The molecule has 0 bridgehead atoms. The summed E-state index contributed by atoms with van der Waals surface area (Å²) in [6.07, 6.45) is 0.838. The van der Waals surface area contributed by atoms with Crippen LogP contribution < -0.4 is 5.73 Å². The second-order valence-corrected chi connectivity index (χ2v) is 5.26. The number of aliphatic imine (C=N–C) groups is 1. The van der Waals surface area contributed by atoms with Crippen LogP contribution in [0.1, 0.15) is 0 Å². The minimum Gasteiger partial charge on any atom is -0.381 e. The predicted octanol–water partition coefficient (Wildman–Crippen LogP) is 0.816. The lowest BCUT2D eigenvalue weighted by Gasteiger charge is -2.21. The van der Waals surface area contributed by atoms with E-state index in [-0.39, 0.29) is 17.4 Å². The zero-order valence-corrected chi connectivity index (χ0v) is 9.56. The quantitative estimate of drug-likeness (QED) is 0.849. The topological polar surface area (TPSA) is 75.8 Å². The van der Waals surface area contributed by atoms with E-state index < -0.39 is 15.9 Å². The number of benzene rings is 1. The summed E-state index contributed by atoms with van der Waals surface area (Å²) in [4.78, 5) is 3.67. The number of amidine groups is 1. The Labute approximate surface area is 98.1 Å². The van der Waals surface area contributed by atoms with Crippen molar-refractivity contribution >= 4 is 15.9 Å². The third-order valence-electron chi connectivity index (χ3n) is 2.23. The van der Waals surface area contributed by atoms with Crippen LogP contribution in [0.5, 0.6) is 0 Å². The van der Waals surface area contributed by atoms with Gasteiger partial charge in [-0.2, -0.15) is 0 Å². The highest BCUT2D eigenvalue weighted by atomic mass is 32.2. The molecule has 17 heavy (non-hydrogen) atoms. The molecule has 2 N–H and O–H groups in total. The number of halogens is 1. The van der Waals surface area contributed by atoms with E-state index in [1.54, 1.807) is 18.2 Å². The van der Waals surface area contributed by atoms with Gasteiger partial charge in [0.25, 0.3) is 10.0 Å². The largest absolute Gasteiger partial charge is 0.381 e. The van der Waals surface area contributed by atoms with Gasteiger partial charge in [0.15, 0.2) is 11.7 Å². The number of rotatable bonds is 2. The molecule has 1 aromatic carbocycles. The molecule has 0 fully saturated rings. The molecule has 1 heterocycles. The lowest BCUT2D eigenvalue weighted by atomic mass is 10.4. The molecule has 0 saturated heterocycles. The van der Waals surface area contributed by atoms with Gasteiger partial charge in [0, 0.05) is 0 Å². The van der Waals surface area contributed by atoms with E-state index in [9.17, 15) is 12.8 Å². The molecule has 0 aromatic heterocycles. The molecule has 0 amide bonds. The minimum absolute atomic E-state index is 0.0831. The molecule has 0 aliphatic carbocycles. The Kier molecular flexibility index (Phi) is 2.84. The van der Waals surface area contributed by atoms with Crippen LogP contribution in [0.2, 0.25) is 0 Å². The molecule has 2 rings (SSSR count). The smallest absolute Gasteiger partial charge is 0.265 e. The Morgan fingerprint density at radius 3 is 2.53 bits per heavy atom. The average molecular weight is 255 g/mol. The highest BCUT2D eigenvalue weighted by molar-refractivity contribution is 7.89. The normalized spacial score (nSPS) is 16.4. The summed E-state index contributed by atoms with van der Waals surface area (Å²) < 4.78 is 38.1. The van der Waals surface area contributed by atoms with Crippen LogP contribution in [0.25, 0.3) is 0 Å². The molecular formula is C10H10FN3O2S. The number of nitrogens with two attached hydrogens (primary N) is 1. The molecule has 0 unspecified atom stereocenters. The van der Waals surface area contributed by atoms with E-state index in [0.717, 1.165) is 10.5 Å². The van der Waals surface area contributed by atoms with Crippen molar-refractivity contribution in [1.29, 1.82) is 0 Å². The Morgan fingerprint density at radius 1 is 1.29 bits per heavy atom. The van der Waals surface area contributed by atoms with Gasteiger partial charge in [-0.05, 0) is 12.1 Å². The summed E-state index contributed by atoms with van der Waals surface area (Å²) in [5, 5.41) is 0. The molecule has 1 aliphatic rings. The van der Waals surface area contributed by atoms with Crippen molar-refractivity contribution in [3.63, 3.8) is 0 Å². The third kappa shape index (κ3) is 2.14. The van der Waals surface area contributed by atoms with E-state index in [1.165, 1.54) is 12.1 Å². The van der Waals surface area contributed by atoms with Crippen molar-refractivity contribution in [3.05, 3.63) is 42.4 Å². The summed E-state index contributed by atoms with van der Waals surface area (Å²) in [5.41, 5.74) is 5.21. The summed E-state index contributed by atoms with van der Waals surface area (Å²) >= 11 is 0. The number of hydrogen-bond acceptors (Lipinski definition) is 4. The second kappa shape index (κ2) is 4.17. The molecular weight excluding hydrogens is 245 g/mol. The van der Waals surface area contributed by atoms with Gasteiger partial charge >= 0.3 is 0 Å². The van der Waals surface area contributed by atoms with Crippen molar-refractivity contribution < 1.29 is 12.8 Å². The molecule has 90 valence electrons. The zero-order chi connectivity index (χ0) is 12.5. The standard InChI is InChI=1S/C10H10FN3O2S/c11-9-6-14(7-13-10(9)12)17(15,16)8-4-2-1-3-5-8/h1-6H,7H2,(H2,12,13). The van der Waals surface area contributed by atoms with Gasteiger partial charge in [-0.25, -0.2) is 22.1 Å². The first kappa shape index (κ1) is 11.6. The van der Waals surface area contributed by atoms with Crippen molar-refractivity contribution in [2.24, 2.45) is 10.7 Å². The first-order valence-electron chi connectivity index (χ1n) is 4.76. The van der Waals surface area contributed by atoms with Gasteiger partial charge in [-0.3, -0.25) is 0 Å². The van der Waals surface area contributed by atoms with Crippen molar-refractivity contribution in [2.45, 2.75) is 4.90 Å². The molecule has 0 radical (unpaired) electrons. The van der Waals surface area contributed by atoms with E-state index >= 15 is 0 Å². The first-order chi connectivity index (χ1) is 8.01. The molecule has 5 nitrogen and oxygen atoms in total. The van der Waals surface area contributed by atoms with Crippen LogP contribution in [-0.4, -0.2) is 25.2 Å². The number of nitrogens with zero attached hydrogens (tertiary/aromatic N) is 2. The van der Waals surface area contributed by atoms with Crippen LogP contribution in [0.15, 0.2) is 52.2 Å². The predicted molar refractivity (Wildman–Crippen MR) is 61.1 cm³/mol. The molecule has 0 saturated carbocycles. The van der Waals surface area contributed by atoms with Crippen molar-refractivity contribution in [1.82, 2.24) is 4.31 Å². The molecule has 0 atom stereocenters. The second-order valence-electron chi connectivity index (χ2n) is 3.37. The molecule has 7 heteroatoms. The number of sulfonamides is 1. The highest BCUT2D eigenvalue weighted by Gasteiger charge is 2.24. The van der Waals surface area contributed by atoms with Crippen LogP contribution >= 0.6 is 0 Å². The van der Waals surface area contributed by atoms with Crippen LogP contribution in [0, 0.1) is 0 Å². The van der Waals surface area contributed by atoms with E-state index in [2.05, 4.69) is 4.99 Å². The van der Waals surface area contributed by atoms with Gasteiger partial charge in [-0.1, -0.05) is 18.2 Å². The average Bonchev–Trinajstić information content (AvgIpc) is 2.33. The third-order valence-corrected chi connectivity index (χ3v) is 3.94. The summed E-state index contributed by atoms with van der Waals surface area (Å²) in [6, 6.07) is 7.75. The van der Waals surface area contributed by atoms with Gasteiger partial charge in [0.05, 0.1) is 11.1 Å². The van der Waals surface area contributed by atoms with Crippen LogP contribution in [0.4, 0.5) is 4.39 Å². The maximum absolute atomic E-state index is 13.2. The molecule has 0 spiro atoms. The summed E-state index contributed by atoms with van der Waals surface area (Å²) in [7, 11) is -3.76. The zero-order valence-electron chi connectivity index (χ0n) is 8.75. The van der Waals surface area contributed by atoms with E-state index in [4.69, 9.17) is 5.73 Å². The van der Waals surface area contributed by atoms with Crippen molar-refractivity contribution in [2.75, 3.05) is 6.67 Å². The summed E-state index contributed by atoms with van der Waals surface area (Å²) in [5.74, 6) is -1.14. The van der Waals surface area contributed by atoms with E-state index in [0.29, 0.717) is 0 Å². The molecule has 1 aliphatic heterocycles. The van der Waals surface area contributed by atoms with Crippen LogP contribution in [-0.2, 0) is 10.0 Å². The maximum Gasteiger partial charge on any atom is 0.265 e. The lowest BCUT2D eigenvalue weighted by Crippen LogP contribution is -2.32. The van der Waals surface area contributed by atoms with Gasteiger partial charge in [0.1, 0.15) is 6.67 Å². The lowest BCUT2D eigenvalue weighted by molar-refractivity contribution is 0.488. The minimum atomic E-state index is -3.76. The van der Waals surface area contributed by atoms with Crippen LogP contribution in [0.3, 0.4) is 0 Å². The van der Waals surface area contributed by atoms with Crippen molar-refractivity contribution in [3.8, 4) is 0 Å². The van der Waals surface area contributed by atoms with Gasteiger partial charge < -0.3 is 5.73 Å². The number of hydrogen-bond donors (Lipinski definition) is 1. The van der Waals surface area contributed by atoms with E-state index in [1.807, 2.05) is 0 Å². The van der Waals surface area contributed by atoms with Gasteiger partial charge in [-0.15, -0.1) is 0 Å². The molecule has 1 aromatic rings.